The number of H-pyrrole nitrogens is 1. The van der Waals surface area contributed by atoms with Crippen molar-refractivity contribution in [3.05, 3.63) is 60.2 Å². The lowest BCUT2D eigenvalue weighted by molar-refractivity contribution is 0.0950. The summed E-state index contributed by atoms with van der Waals surface area (Å²) in [6, 6.07) is 8.73. The molecular weight excluding hydrogens is 270 g/mol. The minimum absolute atomic E-state index is 0.227. The molecule has 0 spiro atoms. The highest BCUT2D eigenvalue weighted by Crippen LogP contribution is 2.17. The van der Waals surface area contributed by atoms with Crippen molar-refractivity contribution in [2.75, 3.05) is 0 Å². The fourth-order valence-electron chi connectivity index (χ4n) is 1.67. The molecule has 7 nitrogen and oxygen atoms in total. The molecule has 0 fully saturated rings. The number of hydrogen-bond acceptors (Lipinski definition) is 5. The van der Waals surface area contributed by atoms with E-state index in [0.717, 1.165) is 5.56 Å². The summed E-state index contributed by atoms with van der Waals surface area (Å²) in [5.41, 5.74) is 4.04. The van der Waals surface area contributed by atoms with Gasteiger partial charge in [-0.3, -0.25) is 14.9 Å². The Hall–Kier alpha value is -3.22. The van der Waals surface area contributed by atoms with E-state index in [9.17, 15) is 4.79 Å². The number of carbonyl (C=O) groups is 1. The molecule has 104 valence electrons. The number of pyridine rings is 1. The first-order valence-electron chi connectivity index (χ1n) is 6.15. The molecule has 0 aliphatic carbocycles. The van der Waals surface area contributed by atoms with Gasteiger partial charge in [0.2, 0.25) is 0 Å². The molecule has 0 aliphatic rings. The van der Waals surface area contributed by atoms with Crippen molar-refractivity contribution in [1.29, 1.82) is 0 Å². The fraction of sp³-hybridized carbons (Fsp3) is 0. The van der Waals surface area contributed by atoms with Gasteiger partial charge in [0, 0.05) is 24.0 Å². The highest BCUT2D eigenvalue weighted by Gasteiger charge is 2.11. The summed E-state index contributed by atoms with van der Waals surface area (Å²) in [6.45, 7) is 0. The Labute approximate surface area is 119 Å². The van der Waals surface area contributed by atoms with Crippen molar-refractivity contribution >= 4 is 12.1 Å². The van der Waals surface area contributed by atoms with Crippen LogP contribution in [0.15, 0.2) is 58.5 Å². The number of furan rings is 1. The van der Waals surface area contributed by atoms with Crippen LogP contribution in [0.3, 0.4) is 0 Å². The highest BCUT2D eigenvalue weighted by molar-refractivity contribution is 5.93. The van der Waals surface area contributed by atoms with Crippen molar-refractivity contribution < 1.29 is 9.21 Å². The normalized spacial score (nSPS) is 10.9. The standard InChI is InChI=1S/C14H11N5O2/c20-14(19-16-9-10-3-1-5-15-8-10)12-7-11(17-18-12)13-4-2-6-21-13/h1-9H,(H,17,18)(H,19,20)/b16-9+. The van der Waals surface area contributed by atoms with Crippen LogP contribution >= 0.6 is 0 Å². The molecule has 1 amide bonds. The van der Waals surface area contributed by atoms with Gasteiger partial charge >= 0.3 is 0 Å². The molecule has 0 atom stereocenters. The molecule has 0 radical (unpaired) electrons. The van der Waals surface area contributed by atoms with E-state index in [-0.39, 0.29) is 5.69 Å². The Morgan fingerprint density at radius 2 is 2.33 bits per heavy atom. The van der Waals surface area contributed by atoms with Gasteiger partial charge in [0.25, 0.3) is 5.91 Å². The lowest BCUT2D eigenvalue weighted by Crippen LogP contribution is -2.18. The number of hydrazone groups is 1. The first-order valence-corrected chi connectivity index (χ1v) is 6.15. The highest BCUT2D eigenvalue weighted by atomic mass is 16.3. The second-order valence-electron chi connectivity index (χ2n) is 4.13. The average molecular weight is 281 g/mol. The van der Waals surface area contributed by atoms with Crippen LogP contribution in [0.4, 0.5) is 0 Å². The van der Waals surface area contributed by atoms with E-state index < -0.39 is 5.91 Å². The zero-order valence-corrected chi connectivity index (χ0v) is 10.9. The Balaban J connectivity index is 1.65. The van der Waals surface area contributed by atoms with Crippen LogP contribution in [-0.4, -0.2) is 27.3 Å². The molecule has 3 aromatic rings. The minimum atomic E-state index is -0.413. The van der Waals surface area contributed by atoms with Crippen LogP contribution in [0, 0.1) is 0 Å². The molecule has 0 saturated heterocycles. The molecule has 0 aliphatic heterocycles. The van der Waals surface area contributed by atoms with E-state index in [0.29, 0.717) is 11.5 Å². The van der Waals surface area contributed by atoms with Gasteiger partial charge in [-0.05, 0) is 18.2 Å². The summed E-state index contributed by atoms with van der Waals surface area (Å²) in [5, 5.41) is 10.5. The zero-order chi connectivity index (χ0) is 14.5. The summed E-state index contributed by atoms with van der Waals surface area (Å²) in [4.78, 5) is 15.8. The lowest BCUT2D eigenvalue weighted by Gasteiger charge is -1.94. The first kappa shape index (κ1) is 12.8. The lowest BCUT2D eigenvalue weighted by atomic mass is 10.3. The molecule has 3 aromatic heterocycles. The minimum Gasteiger partial charge on any atom is -0.463 e. The van der Waals surface area contributed by atoms with E-state index in [4.69, 9.17) is 4.42 Å². The Morgan fingerprint density at radius 1 is 1.38 bits per heavy atom. The van der Waals surface area contributed by atoms with E-state index in [1.165, 1.54) is 6.21 Å². The van der Waals surface area contributed by atoms with Crippen molar-refractivity contribution in [1.82, 2.24) is 20.6 Å². The Bertz CT molecular complexity index is 747. The van der Waals surface area contributed by atoms with Crippen LogP contribution in [-0.2, 0) is 0 Å². The maximum absolute atomic E-state index is 11.9. The van der Waals surface area contributed by atoms with Gasteiger partial charge in [0.1, 0.15) is 5.69 Å². The maximum Gasteiger partial charge on any atom is 0.291 e. The van der Waals surface area contributed by atoms with E-state index in [1.807, 2.05) is 6.07 Å². The van der Waals surface area contributed by atoms with Gasteiger partial charge in [-0.15, -0.1) is 0 Å². The van der Waals surface area contributed by atoms with Gasteiger partial charge in [-0.1, -0.05) is 6.07 Å². The SMILES string of the molecule is O=C(N/N=C/c1cccnc1)c1cc(-c2ccco2)[nH]n1. The van der Waals surface area contributed by atoms with Crippen LogP contribution in [0.1, 0.15) is 16.1 Å². The molecule has 0 unspecified atom stereocenters. The van der Waals surface area contributed by atoms with Crippen molar-refractivity contribution in [3.63, 3.8) is 0 Å². The topological polar surface area (TPSA) is 96.2 Å². The van der Waals surface area contributed by atoms with Gasteiger partial charge in [-0.25, -0.2) is 5.43 Å². The van der Waals surface area contributed by atoms with Gasteiger partial charge < -0.3 is 4.42 Å². The third-order valence-electron chi connectivity index (χ3n) is 2.66. The molecule has 3 rings (SSSR count). The van der Waals surface area contributed by atoms with E-state index in [1.54, 1.807) is 42.9 Å². The van der Waals surface area contributed by atoms with Crippen molar-refractivity contribution in [3.8, 4) is 11.5 Å². The molecule has 7 heteroatoms. The quantitative estimate of drug-likeness (QED) is 0.563. The van der Waals surface area contributed by atoms with E-state index >= 15 is 0 Å². The number of hydrogen-bond donors (Lipinski definition) is 2. The summed E-state index contributed by atoms with van der Waals surface area (Å²) >= 11 is 0. The van der Waals surface area contributed by atoms with Crippen LogP contribution < -0.4 is 5.43 Å². The summed E-state index contributed by atoms with van der Waals surface area (Å²) in [7, 11) is 0. The van der Waals surface area contributed by atoms with Crippen LogP contribution in [0.5, 0.6) is 0 Å². The third-order valence-corrected chi connectivity index (χ3v) is 2.66. The summed E-state index contributed by atoms with van der Waals surface area (Å²) < 4.78 is 5.21. The number of amides is 1. The molecule has 21 heavy (non-hydrogen) atoms. The molecule has 0 saturated carbocycles. The van der Waals surface area contributed by atoms with Gasteiger partial charge in [0.15, 0.2) is 11.5 Å². The fourth-order valence-corrected chi connectivity index (χ4v) is 1.67. The Morgan fingerprint density at radius 3 is 3.10 bits per heavy atom. The predicted molar refractivity (Wildman–Crippen MR) is 75.6 cm³/mol. The van der Waals surface area contributed by atoms with Crippen LogP contribution in [0.2, 0.25) is 0 Å². The summed E-state index contributed by atoms with van der Waals surface area (Å²) in [5.74, 6) is 0.199. The van der Waals surface area contributed by atoms with E-state index in [2.05, 4.69) is 25.7 Å². The number of nitrogens with one attached hydrogen (secondary N) is 2. The number of carbonyl (C=O) groups excluding carboxylic acids is 1. The van der Waals surface area contributed by atoms with Crippen molar-refractivity contribution in [2.45, 2.75) is 0 Å². The van der Waals surface area contributed by atoms with Crippen LogP contribution in [0.25, 0.3) is 11.5 Å². The maximum atomic E-state index is 11.9. The second kappa shape index (κ2) is 5.83. The molecule has 0 bridgehead atoms. The summed E-state index contributed by atoms with van der Waals surface area (Å²) in [6.07, 6.45) is 6.36. The first-order chi connectivity index (χ1) is 10.3. The molecular formula is C14H11N5O2. The predicted octanol–water partition coefficient (Wildman–Crippen LogP) is 1.83. The molecule has 0 aromatic carbocycles. The zero-order valence-electron chi connectivity index (χ0n) is 10.9. The van der Waals surface area contributed by atoms with Gasteiger partial charge in [-0.2, -0.15) is 10.2 Å². The van der Waals surface area contributed by atoms with Gasteiger partial charge in [0.05, 0.1) is 12.5 Å². The number of aromatic amines is 1. The molecule has 3 heterocycles. The van der Waals surface area contributed by atoms with Crippen molar-refractivity contribution in [2.24, 2.45) is 5.10 Å². The largest absolute Gasteiger partial charge is 0.463 e. The number of rotatable bonds is 4. The smallest absolute Gasteiger partial charge is 0.291 e. The second-order valence-corrected chi connectivity index (χ2v) is 4.13. The molecule has 2 N–H and O–H groups in total. The average Bonchev–Trinajstić information content (AvgIpc) is 3.19. The Kier molecular flexibility index (Phi) is 3.55. The number of aromatic nitrogens is 3. The third kappa shape index (κ3) is 3.03. The monoisotopic (exact) mass is 281 g/mol. The number of nitrogens with zero attached hydrogens (tertiary/aromatic N) is 3.